The third-order valence-corrected chi connectivity index (χ3v) is 8.75. The van der Waals surface area contributed by atoms with Gasteiger partial charge in [0.25, 0.3) is 5.91 Å². The molecule has 5 rings (SSSR count). The molecule has 1 fully saturated rings. The van der Waals surface area contributed by atoms with Gasteiger partial charge in [-0.1, -0.05) is 13.0 Å². The smallest absolute Gasteiger partial charge is 0.407 e. The van der Waals surface area contributed by atoms with Gasteiger partial charge >= 0.3 is 6.09 Å². The van der Waals surface area contributed by atoms with E-state index >= 15 is 0 Å². The van der Waals surface area contributed by atoms with Crippen LogP contribution in [0.15, 0.2) is 24.3 Å². The summed E-state index contributed by atoms with van der Waals surface area (Å²) < 4.78 is 19.6. The molecule has 4 heterocycles. The first-order valence-electron chi connectivity index (χ1n) is 13.6. The Bertz CT molecular complexity index is 1450. The van der Waals surface area contributed by atoms with Crippen molar-refractivity contribution in [2.24, 2.45) is 5.41 Å². The minimum absolute atomic E-state index is 0.0315. The van der Waals surface area contributed by atoms with Crippen LogP contribution in [0.1, 0.15) is 60.7 Å². The van der Waals surface area contributed by atoms with Crippen LogP contribution in [-0.2, 0) is 17.6 Å². The predicted octanol–water partition coefficient (Wildman–Crippen LogP) is 4.56. The lowest BCUT2D eigenvalue weighted by Gasteiger charge is -2.29. The van der Waals surface area contributed by atoms with E-state index < -0.39 is 29.8 Å². The molecule has 2 unspecified atom stereocenters. The SMILES string of the molecule is Cc1ccc2c(N)c(C(=O)N[C@H]3CCc4nc(N5CC(NC(=O)OC(C)(C)C)C(C)(CF)C5)ccc4C3)sc2n1. The monoisotopic (exact) mass is 568 g/mol. The van der Waals surface area contributed by atoms with Crippen molar-refractivity contribution in [3.05, 3.63) is 46.1 Å². The highest BCUT2D eigenvalue weighted by Crippen LogP contribution is 2.35. The first-order chi connectivity index (χ1) is 18.8. The molecular formula is C29H37FN6O3S. The Balaban J connectivity index is 1.25. The zero-order chi connectivity index (χ0) is 28.8. The largest absolute Gasteiger partial charge is 0.444 e. The van der Waals surface area contributed by atoms with Crippen molar-refractivity contribution >= 4 is 45.1 Å². The highest BCUT2D eigenvalue weighted by atomic mass is 32.1. The first kappa shape index (κ1) is 28.1. The van der Waals surface area contributed by atoms with Gasteiger partial charge in [-0.2, -0.15) is 0 Å². The predicted molar refractivity (Wildman–Crippen MR) is 156 cm³/mol. The van der Waals surface area contributed by atoms with Gasteiger partial charge in [-0.3, -0.25) is 9.18 Å². The molecule has 1 aliphatic heterocycles. The number of halogens is 1. The van der Waals surface area contributed by atoms with Crippen molar-refractivity contribution in [3.63, 3.8) is 0 Å². The molecule has 3 aromatic heterocycles. The van der Waals surface area contributed by atoms with Gasteiger partial charge in [-0.05, 0) is 70.7 Å². The lowest BCUT2D eigenvalue weighted by molar-refractivity contribution is 0.0465. The van der Waals surface area contributed by atoms with Crippen LogP contribution in [0, 0.1) is 12.3 Å². The third-order valence-electron chi connectivity index (χ3n) is 7.64. The normalized spacial score (nSPS) is 22.7. The van der Waals surface area contributed by atoms with Crippen LogP contribution < -0.4 is 21.3 Å². The van der Waals surface area contributed by atoms with E-state index in [4.69, 9.17) is 15.5 Å². The third kappa shape index (κ3) is 5.70. The number of anilines is 2. The molecule has 1 saturated heterocycles. The van der Waals surface area contributed by atoms with E-state index in [0.717, 1.165) is 39.4 Å². The van der Waals surface area contributed by atoms with Gasteiger partial charge in [0.15, 0.2) is 0 Å². The summed E-state index contributed by atoms with van der Waals surface area (Å²) in [4.78, 5) is 38.2. The number of thiophene rings is 1. The number of amides is 2. The Morgan fingerprint density at radius 2 is 2.00 bits per heavy atom. The summed E-state index contributed by atoms with van der Waals surface area (Å²) in [6, 6.07) is 7.34. The number of rotatable bonds is 5. The molecule has 0 aromatic carbocycles. The Kier molecular flexibility index (Phi) is 7.37. The molecule has 0 saturated carbocycles. The van der Waals surface area contributed by atoms with Crippen LogP contribution in [0.2, 0.25) is 0 Å². The number of nitrogen functional groups attached to an aromatic ring is 1. The number of nitrogens with one attached hydrogen (secondary N) is 2. The summed E-state index contributed by atoms with van der Waals surface area (Å²) in [6.07, 6.45) is 1.59. The highest BCUT2D eigenvalue weighted by Gasteiger charge is 2.45. The summed E-state index contributed by atoms with van der Waals surface area (Å²) in [5.41, 5.74) is 8.31. The summed E-state index contributed by atoms with van der Waals surface area (Å²) in [5, 5.41) is 6.83. The highest BCUT2D eigenvalue weighted by molar-refractivity contribution is 7.21. The van der Waals surface area contributed by atoms with E-state index in [2.05, 4.69) is 15.6 Å². The number of aryl methyl sites for hydroxylation is 2. The Labute approximate surface area is 237 Å². The van der Waals surface area contributed by atoms with E-state index in [9.17, 15) is 14.0 Å². The van der Waals surface area contributed by atoms with Crippen molar-refractivity contribution in [1.82, 2.24) is 20.6 Å². The zero-order valence-corrected chi connectivity index (χ0v) is 24.5. The summed E-state index contributed by atoms with van der Waals surface area (Å²) >= 11 is 1.32. The number of hydrogen-bond acceptors (Lipinski definition) is 8. The number of hydrogen-bond donors (Lipinski definition) is 3. The van der Waals surface area contributed by atoms with Crippen LogP contribution in [0.5, 0.6) is 0 Å². The number of aromatic nitrogens is 2. The molecule has 2 aliphatic rings. The van der Waals surface area contributed by atoms with E-state index in [1.54, 1.807) is 20.8 Å². The number of carbonyl (C=O) groups is 2. The number of alkyl carbamates (subject to hydrolysis) is 1. The quantitative estimate of drug-likeness (QED) is 0.413. The average molecular weight is 569 g/mol. The Morgan fingerprint density at radius 1 is 1.23 bits per heavy atom. The van der Waals surface area contributed by atoms with Crippen molar-refractivity contribution < 1.29 is 18.7 Å². The molecule has 9 nitrogen and oxygen atoms in total. The minimum Gasteiger partial charge on any atom is -0.444 e. The summed E-state index contributed by atoms with van der Waals surface area (Å²) in [6.45, 7) is 9.44. The van der Waals surface area contributed by atoms with Crippen molar-refractivity contribution in [2.45, 2.75) is 71.6 Å². The summed E-state index contributed by atoms with van der Waals surface area (Å²) in [7, 11) is 0. The van der Waals surface area contributed by atoms with E-state index in [1.165, 1.54) is 11.3 Å². The second-order valence-corrected chi connectivity index (χ2v) is 13.2. The van der Waals surface area contributed by atoms with Crippen LogP contribution in [0.3, 0.4) is 0 Å². The fraction of sp³-hybridized carbons (Fsp3) is 0.517. The molecule has 0 spiro atoms. The fourth-order valence-corrected chi connectivity index (χ4v) is 6.48. The maximum atomic E-state index is 14.2. The molecule has 4 N–H and O–H groups in total. The van der Waals surface area contributed by atoms with Crippen molar-refractivity contribution in [2.75, 3.05) is 30.4 Å². The molecular weight excluding hydrogens is 531 g/mol. The molecule has 40 heavy (non-hydrogen) atoms. The number of alkyl halides is 1. The topological polar surface area (TPSA) is 122 Å². The molecule has 2 amide bonds. The first-order valence-corrected chi connectivity index (χ1v) is 14.4. The molecule has 1 aliphatic carbocycles. The molecule has 3 atom stereocenters. The molecule has 214 valence electrons. The van der Waals surface area contributed by atoms with Crippen molar-refractivity contribution in [3.8, 4) is 0 Å². The number of fused-ring (bicyclic) bond motifs is 2. The fourth-order valence-electron chi connectivity index (χ4n) is 5.44. The van der Waals surface area contributed by atoms with E-state index in [1.807, 2.05) is 43.0 Å². The number of nitrogens with two attached hydrogens (primary N) is 1. The number of ether oxygens (including phenoxy) is 1. The second-order valence-electron chi connectivity index (χ2n) is 12.2. The summed E-state index contributed by atoms with van der Waals surface area (Å²) in [5.74, 6) is 0.581. The Morgan fingerprint density at radius 3 is 2.73 bits per heavy atom. The Hall–Kier alpha value is -3.47. The van der Waals surface area contributed by atoms with Gasteiger partial charge in [0.05, 0.1) is 18.4 Å². The maximum absolute atomic E-state index is 14.2. The van der Waals surface area contributed by atoms with Crippen LogP contribution in [-0.4, -0.2) is 59.4 Å². The van der Waals surface area contributed by atoms with E-state index in [-0.39, 0.29) is 11.9 Å². The van der Waals surface area contributed by atoms with Crippen LogP contribution in [0.4, 0.5) is 20.7 Å². The van der Waals surface area contributed by atoms with Crippen LogP contribution in [0.25, 0.3) is 10.2 Å². The lowest BCUT2D eigenvalue weighted by atomic mass is 9.87. The number of nitrogens with zero attached hydrogens (tertiary/aromatic N) is 3. The molecule has 11 heteroatoms. The minimum atomic E-state index is -0.757. The second kappa shape index (κ2) is 10.5. The number of carbonyl (C=O) groups excluding carboxylic acids is 2. The zero-order valence-electron chi connectivity index (χ0n) is 23.6. The van der Waals surface area contributed by atoms with Gasteiger partial charge in [0, 0.05) is 41.3 Å². The van der Waals surface area contributed by atoms with Gasteiger partial charge in [0.1, 0.15) is 21.1 Å². The van der Waals surface area contributed by atoms with E-state index in [0.29, 0.717) is 36.5 Å². The average Bonchev–Trinajstić information content (AvgIpc) is 3.39. The van der Waals surface area contributed by atoms with Crippen LogP contribution >= 0.6 is 11.3 Å². The molecule has 0 bridgehead atoms. The number of pyridine rings is 2. The standard InChI is InChI=1S/C29H37FN6O3S/c1-16-6-9-19-23(31)24(40-26(19)32-16)25(37)33-18-8-10-20-17(12-18)7-11-22(34-20)36-13-21(29(5,14-30)15-36)35-27(38)39-28(2,3)4/h6-7,9,11,18,21H,8,10,12-15,31H2,1-5H3,(H,33,37)(H,35,38)/t18-,21?,29?/m0/s1. The van der Waals surface area contributed by atoms with Gasteiger partial charge in [0.2, 0.25) is 0 Å². The molecule has 3 aromatic rings. The van der Waals surface area contributed by atoms with Gasteiger partial charge in [-0.25, -0.2) is 14.8 Å². The maximum Gasteiger partial charge on any atom is 0.407 e. The lowest BCUT2D eigenvalue weighted by Crippen LogP contribution is -2.48. The van der Waals surface area contributed by atoms with Gasteiger partial charge < -0.3 is 26.0 Å². The van der Waals surface area contributed by atoms with Gasteiger partial charge in [-0.15, -0.1) is 11.3 Å². The molecule has 0 radical (unpaired) electrons. The van der Waals surface area contributed by atoms with Crippen molar-refractivity contribution in [1.29, 1.82) is 0 Å².